The van der Waals surface area contributed by atoms with Crippen molar-refractivity contribution >= 4 is 5.91 Å². The SMILES string of the molecule is Cn1cc(C(=O)NC(C)(C)CCN)nn1. The maximum atomic E-state index is 11.7. The van der Waals surface area contributed by atoms with E-state index >= 15 is 0 Å². The summed E-state index contributed by atoms with van der Waals surface area (Å²) in [4.78, 5) is 11.7. The largest absolute Gasteiger partial charge is 0.346 e. The number of rotatable bonds is 4. The lowest BCUT2D eigenvalue weighted by Crippen LogP contribution is -2.44. The first-order valence-electron chi connectivity index (χ1n) is 4.83. The Hall–Kier alpha value is -1.43. The number of nitrogens with one attached hydrogen (secondary N) is 1. The summed E-state index contributed by atoms with van der Waals surface area (Å²) in [7, 11) is 1.72. The van der Waals surface area contributed by atoms with Crippen LogP contribution in [-0.4, -0.2) is 33.0 Å². The van der Waals surface area contributed by atoms with Crippen molar-refractivity contribution in [2.45, 2.75) is 25.8 Å². The molecule has 0 saturated heterocycles. The van der Waals surface area contributed by atoms with Gasteiger partial charge in [-0.15, -0.1) is 5.10 Å². The molecule has 0 fully saturated rings. The first-order valence-corrected chi connectivity index (χ1v) is 4.83. The lowest BCUT2D eigenvalue weighted by Gasteiger charge is -2.24. The molecule has 84 valence electrons. The Morgan fingerprint density at radius 1 is 1.67 bits per heavy atom. The van der Waals surface area contributed by atoms with Crippen LogP contribution < -0.4 is 11.1 Å². The van der Waals surface area contributed by atoms with Crippen LogP contribution >= 0.6 is 0 Å². The lowest BCUT2D eigenvalue weighted by molar-refractivity contribution is 0.0905. The molecule has 0 aliphatic heterocycles. The zero-order valence-corrected chi connectivity index (χ0v) is 9.32. The maximum absolute atomic E-state index is 11.7. The number of amides is 1. The number of aryl methyl sites for hydroxylation is 1. The summed E-state index contributed by atoms with van der Waals surface area (Å²) >= 11 is 0. The van der Waals surface area contributed by atoms with E-state index in [1.165, 1.54) is 4.68 Å². The third kappa shape index (κ3) is 3.32. The Bertz CT molecular complexity index is 344. The van der Waals surface area contributed by atoms with Gasteiger partial charge in [-0.3, -0.25) is 9.48 Å². The second kappa shape index (κ2) is 4.39. The van der Waals surface area contributed by atoms with Crippen LogP contribution in [0.25, 0.3) is 0 Å². The summed E-state index contributed by atoms with van der Waals surface area (Å²) in [5.74, 6) is -0.221. The molecule has 1 amide bonds. The van der Waals surface area contributed by atoms with Gasteiger partial charge in [-0.2, -0.15) is 0 Å². The fourth-order valence-electron chi connectivity index (χ4n) is 1.25. The quantitative estimate of drug-likeness (QED) is 0.714. The highest BCUT2D eigenvalue weighted by molar-refractivity contribution is 5.92. The van der Waals surface area contributed by atoms with Crippen LogP contribution in [0.3, 0.4) is 0 Å². The second-order valence-electron chi connectivity index (χ2n) is 4.15. The summed E-state index contributed by atoms with van der Waals surface area (Å²) in [6.07, 6.45) is 2.30. The molecule has 0 aromatic carbocycles. The fourth-order valence-corrected chi connectivity index (χ4v) is 1.25. The minimum atomic E-state index is -0.316. The van der Waals surface area contributed by atoms with Gasteiger partial charge >= 0.3 is 0 Å². The van der Waals surface area contributed by atoms with Crippen LogP contribution in [0, 0.1) is 0 Å². The molecular weight excluding hydrogens is 194 g/mol. The van der Waals surface area contributed by atoms with Gasteiger partial charge in [0.1, 0.15) is 0 Å². The zero-order valence-electron chi connectivity index (χ0n) is 9.32. The van der Waals surface area contributed by atoms with E-state index in [0.717, 1.165) is 6.42 Å². The van der Waals surface area contributed by atoms with Crippen LogP contribution in [0.1, 0.15) is 30.8 Å². The van der Waals surface area contributed by atoms with Crippen molar-refractivity contribution in [1.29, 1.82) is 0 Å². The minimum absolute atomic E-state index is 0.221. The van der Waals surface area contributed by atoms with Gasteiger partial charge in [-0.25, -0.2) is 0 Å². The van der Waals surface area contributed by atoms with Crippen molar-refractivity contribution < 1.29 is 4.79 Å². The molecule has 0 spiro atoms. The third-order valence-corrected chi connectivity index (χ3v) is 2.06. The molecule has 6 heteroatoms. The minimum Gasteiger partial charge on any atom is -0.346 e. The van der Waals surface area contributed by atoms with E-state index in [1.807, 2.05) is 13.8 Å². The van der Waals surface area contributed by atoms with E-state index in [9.17, 15) is 4.79 Å². The summed E-state index contributed by atoms with van der Waals surface area (Å²) in [6.45, 7) is 4.38. The topological polar surface area (TPSA) is 85.8 Å². The first-order chi connectivity index (χ1) is 6.94. The summed E-state index contributed by atoms with van der Waals surface area (Å²) < 4.78 is 1.49. The van der Waals surface area contributed by atoms with Gasteiger partial charge < -0.3 is 11.1 Å². The van der Waals surface area contributed by atoms with E-state index in [1.54, 1.807) is 13.2 Å². The zero-order chi connectivity index (χ0) is 11.5. The standard InChI is InChI=1S/C9H17N5O/c1-9(2,4-5-10)11-8(15)7-6-14(3)13-12-7/h6H,4-5,10H2,1-3H3,(H,11,15). The van der Waals surface area contributed by atoms with Crippen LogP contribution in [0.4, 0.5) is 0 Å². The van der Waals surface area contributed by atoms with Crippen molar-refractivity contribution in [2.24, 2.45) is 12.8 Å². The predicted octanol–water partition coefficient (Wildman–Crippen LogP) is -0.328. The molecule has 0 bridgehead atoms. The molecule has 0 saturated carbocycles. The number of aromatic nitrogens is 3. The molecule has 6 nitrogen and oxygen atoms in total. The van der Waals surface area contributed by atoms with E-state index < -0.39 is 0 Å². The summed E-state index contributed by atoms with van der Waals surface area (Å²) in [5, 5.41) is 10.3. The fraction of sp³-hybridized carbons (Fsp3) is 0.667. The molecule has 1 rings (SSSR count). The molecule has 3 N–H and O–H groups in total. The number of hydrogen-bond donors (Lipinski definition) is 2. The number of carbonyl (C=O) groups is 1. The van der Waals surface area contributed by atoms with Gasteiger partial charge in [-0.1, -0.05) is 5.21 Å². The number of nitrogens with two attached hydrogens (primary N) is 1. The highest BCUT2D eigenvalue weighted by atomic mass is 16.2. The molecule has 0 radical (unpaired) electrons. The average Bonchev–Trinajstić information content (AvgIpc) is 2.50. The molecule has 0 atom stereocenters. The molecule has 1 aromatic heterocycles. The van der Waals surface area contributed by atoms with E-state index in [2.05, 4.69) is 15.6 Å². The Morgan fingerprint density at radius 2 is 2.33 bits per heavy atom. The smallest absolute Gasteiger partial charge is 0.273 e. The van der Waals surface area contributed by atoms with Gasteiger partial charge in [0.15, 0.2) is 5.69 Å². The van der Waals surface area contributed by atoms with Gasteiger partial charge in [0, 0.05) is 12.6 Å². The van der Waals surface area contributed by atoms with Crippen molar-refractivity contribution in [3.8, 4) is 0 Å². The molecule has 15 heavy (non-hydrogen) atoms. The Morgan fingerprint density at radius 3 is 2.80 bits per heavy atom. The Balaban J connectivity index is 2.63. The predicted molar refractivity (Wildman–Crippen MR) is 56.2 cm³/mol. The number of hydrogen-bond acceptors (Lipinski definition) is 4. The molecular formula is C9H17N5O. The molecule has 0 aliphatic carbocycles. The van der Waals surface area contributed by atoms with Gasteiger partial charge in [0.05, 0.1) is 6.20 Å². The Labute approximate surface area is 88.8 Å². The van der Waals surface area contributed by atoms with Gasteiger partial charge in [-0.05, 0) is 26.8 Å². The highest BCUT2D eigenvalue weighted by Gasteiger charge is 2.21. The van der Waals surface area contributed by atoms with Gasteiger partial charge in [0.2, 0.25) is 0 Å². The third-order valence-electron chi connectivity index (χ3n) is 2.06. The van der Waals surface area contributed by atoms with Crippen molar-refractivity contribution in [3.05, 3.63) is 11.9 Å². The summed E-state index contributed by atoms with van der Waals surface area (Å²) in [6, 6.07) is 0. The normalized spacial score (nSPS) is 11.5. The first kappa shape index (κ1) is 11.6. The lowest BCUT2D eigenvalue weighted by atomic mass is 10.0. The van der Waals surface area contributed by atoms with Crippen LogP contribution in [0.15, 0.2) is 6.20 Å². The van der Waals surface area contributed by atoms with Crippen molar-refractivity contribution in [3.63, 3.8) is 0 Å². The van der Waals surface area contributed by atoms with Gasteiger partial charge in [0.25, 0.3) is 5.91 Å². The van der Waals surface area contributed by atoms with Crippen LogP contribution in [0.2, 0.25) is 0 Å². The van der Waals surface area contributed by atoms with Crippen molar-refractivity contribution in [2.75, 3.05) is 6.54 Å². The maximum Gasteiger partial charge on any atom is 0.273 e. The number of carbonyl (C=O) groups excluding carboxylic acids is 1. The molecule has 0 unspecified atom stereocenters. The monoisotopic (exact) mass is 211 g/mol. The van der Waals surface area contributed by atoms with Crippen LogP contribution in [0.5, 0.6) is 0 Å². The molecule has 1 aromatic rings. The summed E-state index contributed by atoms with van der Waals surface area (Å²) in [5.41, 5.74) is 5.46. The van der Waals surface area contributed by atoms with E-state index in [-0.39, 0.29) is 11.4 Å². The number of nitrogens with zero attached hydrogens (tertiary/aromatic N) is 3. The Kier molecular flexibility index (Phi) is 3.41. The average molecular weight is 211 g/mol. The molecule has 0 aliphatic rings. The second-order valence-corrected chi connectivity index (χ2v) is 4.15. The van der Waals surface area contributed by atoms with E-state index in [4.69, 9.17) is 5.73 Å². The molecule has 1 heterocycles. The van der Waals surface area contributed by atoms with Crippen LogP contribution in [-0.2, 0) is 7.05 Å². The van der Waals surface area contributed by atoms with E-state index in [0.29, 0.717) is 12.2 Å². The van der Waals surface area contributed by atoms with Crippen molar-refractivity contribution in [1.82, 2.24) is 20.3 Å². The highest BCUT2D eigenvalue weighted by Crippen LogP contribution is 2.07.